The Balaban J connectivity index is 2.93. The summed E-state index contributed by atoms with van der Waals surface area (Å²) in [5, 5.41) is 0.671. The average Bonchev–Trinajstić information content (AvgIpc) is 2.41. The summed E-state index contributed by atoms with van der Waals surface area (Å²) >= 11 is 2.64. The number of halogens is 3. The Hall–Kier alpha value is 0.01000. The third-order valence-corrected chi connectivity index (χ3v) is 4.37. The van der Waals surface area contributed by atoms with Crippen molar-refractivity contribution in [2.75, 3.05) is 0 Å². The lowest BCUT2D eigenvalue weighted by atomic mass is 10.2. The predicted molar refractivity (Wildman–Crippen MR) is 66.6 cm³/mol. The molecule has 1 aromatic heterocycles. The van der Waals surface area contributed by atoms with Crippen molar-refractivity contribution in [2.45, 2.75) is 0 Å². The molecule has 0 N–H and O–H groups in total. The minimum Gasteiger partial charge on any atom is -0.755 e. The zero-order chi connectivity index (χ0) is 11.2. The van der Waals surface area contributed by atoms with Crippen molar-refractivity contribution < 1.29 is 13.2 Å². The van der Waals surface area contributed by atoms with Gasteiger partial charge in [0.1, 0.15) is 5.82 Å². The molecule has 0 aliphatic heterocycles. The monoisotopic (exact) mass is 402 g/mol. The molecule has 2 aromatic rings. The normalized spacial score (nSPS) is 13.3. The Bertz CT molecular complexity index is 571. The number of aromatic nitrogens is 1. The van der Waals surface area contributed by atoms with Gasteiger partial charge in [0.15, 0.2) is 0 Å². The second-order valence-corrected chi connectivity index (χ2v) is 5.56. The van der Waals surface area contributed by atoms with Crippen LogP contribution in [0.5, 0.6) is 0 Å². The zero-order valence-electron chi connectivity index (χ0n) is 7.04. The van der Waals surface area contributed by atoms with Crippen molar-refractivity contribution in [3.63, 3.8) is 0 Å². The van der Waals surface area contributed by atoms with E-state index < -0.39 is 17.1 Å². The van der Waals surface area contributed by atoms with Gasteiger partial charge < -0.3 is 4.55 Å². The number of nitrogens with zero attached hydrogens (tertiary/aromatic N) is 1. The molecule has 0 saturated heterocycles. The maximum Gasteiger partial charge on any atom is 0.126 e. The van der Waals surface area contributed by atoms with Crippen molar-refractivity contribution in [1.82, 2.24) is 3.97 Å². The highest BCUT2D eigenvalue weighted by Gasteiger charge is 2.11. The first-order chi connectivity index (χ1) is 7.00. The molecule has 0 fully saturated rings. The molecular weight excluding hydrogens is 400 g/mol. The highest BCUT2D eigenvalue weighted by molar-refractivity contribution is 14.1. The third kappa shape index (κ3) is 1.97. The van der Waals surface area contributed by atoms with Crippen LogP contribution >= 0.6 is 38.5 Å². The molecule has 1 unspecified atom stereocenters. The smallest absolute Gasteiger partial charge is 0.126 e. The summed E-state index contributed by atoms with van der Waals surface area (Å²) in [7, 11) is 0. The lowest BCUT2D eigenvalue weighted by molar-refractivity contribution is 0.528. The quantitative estimate of drug-likeness (QED) is 0.543. The molecular formula is C8H3BrFINO2S-. The van der Waals surface area contributed by atoms with Crippen LogP contribution in [0.4, 0.5) is 4.39 Å². The summed E-state index contributed by atoms with van der Waals surface area (Å²) in [6, 6.07) is 4.17. The van der Waals surface area contributed by atoms with Crippen LogP contribution in [0.15, 0.2) is 22.7 Å². The van der Waals surface area contributed by atoms with Crippen LogP contribution < -0.4 is 0 Å². The lowest BCUT2D eigenvalue weighted by Crippen LogP contribution is -2.04. The van der Waals surface area contributed by atoms with Gasteiger partial charge in [0.25, 0.3) is 0 Å². The van der Waals surface area contributed by atoms with Crippen molar-refractivity contribution in [3.05, 3.63) is 32.2 Å². The van der Waals surface area contributed by atoms with Gasteiger partial charge >= 0.3 is 0 Å². The molecule has 0 saturated carbocycles. The number of hydrogen-bond donors (Lipinski definition) is 0. The van der Waals surface area contributed by atoms with Crippen LogP contribution in [0, 0.1) is 9.52 Å². The van der Waals surface area contributed by atoms with Gasteiger partial charge in [-0.2, -0.15) is 0 Å². The third-order valence-electron chi connectivity index (χ3n) is 1.90. The summed E-state index contributed by atoms with van der Waals surface area (Å²) in [6.45, 7) is 0. The predicted octanol–water partition coefficient (Wildman–Crippen LogP) is 2.79. The number of fused-ring (bicyclic) bond motifs is 1. The molecule has 1 atom stereocenters. The second kappa shape index (κ2) is 4.11. The Morgan fingerprint density at radius 2 is 2.13 bits per heavy atom. The van der Waals surface area contributed by atoms with E-state index in [0.717, 1.165) is 3.97 Å². The highest BCUT2D eigenvalue weighted by atomic mass is 127. The van der Waals surface area contributed by atoms with Gasteiger partial charge in [0.2, 0.25) is 0 Å². The molecule has 0 aliphatic carbocycles. The summed E-state index contributed by atoms with van der Waals surface area (Å²) in [6.07, 6.45) is 0. The van der Waals surface area contributed by atoms with Crippen LogP contribution in [0.1, 0.15) is 0 Å². The van der Waals surface area contributed by atoms with Gasteiger partial charge in [-0.05, 0) is 56.7 Å². The second-order valence-electron chi connectivity index (χ2n) is 2.80. The molecule has 1 heterocycles. The Morgan fingerprint density at radius 1 is 1.47 bits per heavy atom. The molecule has 0 amide bonds. The van der Waals surface area contributed by atoms with Crippen LogP contribution in [0.25, 0.3) is 10.9 Å². The fourth-order valence-corrected chi connectivity index (χ4v) is 3.42. The van der Waals surface area contributed by atoms with Crippen LogP contribution in [0.3, 0.4) is 0 Å². The van der Waals surface area contributed by atoms with Crippen molar-refractivity contribution in [3.8, 4) is 0 Å². The van der Waals surface area contributed by atoms with Gasteiger partial charge in [-0.1, -0.05) is 0 Å². The zero-order valence-corrected chi connectivity index (χ0v) is 11.6. The number of hydrogen-bond acceptors (Lipinski definition) is 2. The molecule has 0 spiro atoms. The summed E-state index contributed by atoms with van der Waals surface area (Å²) in [5.74, 6) is -0.476. The molecule has 0 radical (unpaired) electrons. The number of rotatable bonds is 1. The standard InChI is InChI=1S/C8H4BrFINO2S/c9-6-1-4(10)2-7-5(6)3-8(11)12(7)15(13)14/h1-3H,(H,13,14)/p-1. The van der Waals surface area contributed by atoms with E-state index >= 15 is 0 Å². The van der Waals surface area contributed by atoms with E-state index in [1.54, 1.807) is 6.07 Å². The first kappa shape index (κ1) is 11.5. The highest BCUT2D eigenvalue weighted by Crippen LogP contribution is 2.29. The van der Waals surface area contributed by atoms with Crippen molar-refractivity contribution in [1.29, 1.82) is 0 Å². The summed E-state index contributed by atoms with van der Waals surface area (Å²) < 4.78 is 37.1. The first-order valence-corrected chi connectivity index (χ1v) is 6.67. The summed E-state index contributed by atoms with van der Waals surface area (Å²) in [4.78, 5) is 0. The summed E-state index contributed by atoms with van der Waals surface area (Å²) in [5.41, 5.74) is 0.333. The van der Waals surface area contributed by atoms with Crippen molar-refractivity contribution >= 4 is 60.7 Å². The van der Waals surface area contributed by atoms with Gasteiger partial charge in [-0.25, -0.2) is 4.39 Å². The topological polar surface area (TPSA) is 45.1 Å². The molecule has 80 valence electrons. The van der Waals surface area contributed by atoms with Gasteiger partial charge in [-0.15, -0.1) is 0 Å². The first-order valence-electron chi connectivity index (χ1n) is 3.76. The molecule has 0 aliphatic rings. The Labute approximate surface area is 109 Å². The van der Waals surface area contributed by atoms with E-state index in [-0.39, 0.29) is 0 Å². The SMILES string of the molecule is O=S([O-])n1c(I)cc2c(Br)cc(F)cc21. The van der Waals surface area contributed by atoms with Crippen LogP contribution in [-0.4, -0.2) is 12.7 Å². The van der Waals surface area contributed by atoms with E-state index in [1.807, 2.05) is 22.6 Å². The largest absolute Gasteiger partial charge is 0.755 e. The Kier molecular flexibility index (Phi) is 3.15. The van der Waals surface area contributed by atoms with E-state index in [4.69, 9.17) is 0 Å². The fraction of sp³-hybridized carbons (Fsp3) is 0. The van der Waals surface area contributed by atoms with Crippen LogP contribution in [-0.2, 0) is 11.3 Å². The van der Waals surface area contributed by atoms with E-state index in [0.29, 0.717) is 19.1 Å². The maximum atomic E-state index is 13.1. The van der Waals surface area contributed by atoms with E-state index in [9.17, 15) is 13.2 Å². The minimum absolute atomic E-state index is 0.333. The van der Waals surface area contributed by atoms with E-state index in [1.165, 1.54) is 12.1 Å². The lowest BCUT2D eigenvalue weighted by Gasteiger charge is -2.09. The molecule has 15 heavy (non-hydrogen) atoms. The van der Waals surface area contributed by atoms with Gasteiger partial charge in [-0.3, -0.25) is 8.18 Å². The minimum atomic E-state index is -2.43. The van der Waals surface area contributed by atoms with Crippen LogP contribution in [0.2, 0.25) is 0 Å². The van der Waals surface area contributed by atoms with E-state index in [2.05, 4.69) is 15.9 Å². The van der Waals surface area contributed by atoms with Crippen molar-refractivity contribution in [2.24, 2.45) is 0 Å². The molecule has 0 bridgehead atoms. The average molecular weight is 403 g/mol. The molecule has 3 nitrogen and oxygen atoms in total. The molecule has 1 aromatic carbocycles. The maximum absolute atomic E-state index is 13.1. The van der Waals surface area contributed by atoms with Gasteiger partial charge in [0.05, 0.1) is 20.5 Å². The molecule has 7 heteroatoms. The number of benzene rings is 1. The van der Waals surface area contributed by atoms with Gasteiger partial charge in [0, 0.05) is 9.86 Å². The Morgan fingerprint density at radius 3 is 2.73 bits per heavy atom. The fourth-order valence-electron chi connectivity index (χ4n) is 1.33. The molecule has 2 rings (SSSR count).